The van der Waals surface area contributed by atoms with Crippen molar-refractivity contribution in [3.8, 4) is 0 Å². The van der Waals surface area contributed by atoms with E-state index in [9.17, 15) is 14.8 Å². The number of thiol groups is 1. The third kappa shape index (κ3) is 5.01. The van der Waals surface area contributed by atoms with E-state index in [0.29, 0.717) is 19.3 Å². The van der Waals surface area contributed by atoms with Gasteiger partial charge in [0.1, 0.15) is 5.37 Å². The van der Waals surface area contributed by atoms with Crippen LogP contribution in [-0.2, 0) is 20.7 Å². The van der Waals surface area contributed by atoms with Gasteiger partial charge in [0.25, 0.3) is 0 Å². The van der Waals surface area contributed by atoms with E-state index >= 15 is 0 Å². The minimum Gasteiger partial charge on any atom is -0.611 e. The highest BCUT2D eigenvalue weighted by atomic mass is 32.2. The largest absolute Gasteiger partial charge is 0.611 e. The molecule has 2 heterocycles. The van der Waals surface area contributed by atoms with E-state index in [2.05, 4.69) is 17.9 Å². The molecule has 2 aliphatic rings. The number of amides is 1. The van der Waals surface area contributed by atoms with Crippen LogP contribution in [0.4, 0.5) is 0 Å². The molecule has 3 rings (SSSR count). The number of benzene rings is 1. The molecule has 0 aliphatic carbocycles. The molecule has 5 atom stereocenters. The Morgan fingerprint density at radius 3 is 2.82 bits per heavy atom. The van der Waals surface area contributed by atoms with Crippen LogP contribution >= 0.6 is 24.4 Å². The lowest BCUT2D eigenvalue weighted by Crippen LogP contribution is -3.21. The second-order valence-corrected chi connectivity index (χ2v) is 9.01. The number of thioether (sulfide) groups is 1. The topological polar surface area (TPSA) is 86.1 Å². The normalized spacial score (nSPS) is 29.2. The number of methoxy groups -OCH3 is 1. The number of hydroxylamine groups is 1. The molecule has 0 spiro atoms. The Morgan fingerprint density at radius 1 is 1.36 bits per heavy atom. The van der Waals surface area contributed by atoms with Gasteiger partial charge in [-0.05, 0) is 31.2 Å². The predicted molar refractivity (Wildman–Crippen MR) is 112 cm³/mol. The summed E-state index contributed by atoms with van der Waals surface area (Å²) in [5, 5.41) is 16.9. The highest BCUT2D eigenvalue weighted by Crippen LogP contribution is 2.30. The molecule has 0 aromatic heterocycles. The number of hydrogen-bond donors (Lipinski definition) is 3. The minimum atomic E-state index is -0.638. The van der Waals surface area contributed by atoms with E-state index < -0.39 is 17.5 Å². The zero-order valence-corrected chi connectivity index (χ0v) is 17.6. The first kappa shape index (κ1) is 21.4. The summed E-state index contributed by atoms with van der Waals surface area (Å²) in [5.41, 5.74) is 1.02. The summed E-state index contributed by atoms with van der Waals surface area (Å²) in [5.74, 6) is 0.101. The monoisotopic (exact) mass is 425 g/mol. The Bertz CT molecular complexity index is 678. The van der Waals surface area contributed by atoms with E-state index in [1.165, 1.54) is 7.11 Å². The van der Waals surface area contributed by atoms with E-state index in [1.54, 1.807) is 16.8 Å². The first-order valence-corrected chi connectivity index (χ1v) is 11.1. The number of carbonyl (C=O) groups is 2. The summed E-state index contributed by atoms with van der Waals surface area (Å²) in [6.07, 6.45) is 2.73. The predicted octanol–water partition coefficient (Wildman–Crippen LogP) is 0.758. The Hall–Kier alpha value is -1.26. The first-order valence-electron chi connectivity index (χ1n) is 9.55. The molecule has 0 radical (unpaired) electrons. The van der Waals surface area contributed by atoms with Gasteiger partial charge in [-0.15, -0.1) is 16.8 Å². The van der Waals surface area contributed by atoms with Gasteiger partial charge >= 0.3 is 5.97 Å². The lowest BCUT2D eigenvalue weighted by Gasteiger charge is -2.45. The van der Waals surface area contributed by atoms with E-state index in [-0.39, 0.29) is 22.4 Å². The molecule has 9 heteroatoms. The van der Waals surface area contributed by atoms with Crippen LogP contribution in [0.15, 0.2) is 30.3 Å². The van der Waals surface area contributed by atoms with Crippen molar-refractivity contribution in [3.05, 3.63) is 41.1 Å². The van der Waals surface area contributed by atoms with E-state index in [4.69, 9.17) is 4.74 Å². The summed E-state index contributed by atoms with van der Waals surface area (Å²) in [7, 11) is 1.34. The Balaban J connectivity index is 1.67. The Labute approximate surface area is 175 Å². The smallest absolute Gasteiger partial charge is 0.328 e. The zero-order chi connectivity index (χ0) is 20.1. The van der Waals surface area contributed by atoms with Gasteiger partial charge in [-0.25, -0.2) is 0 Å². The number of piperidine rings is 1. The highest BCUT2D eigenvalue weighted by Gasteiger charge is 2.44. The van der Waals surface area contributed by atoms with Crippen LogP contribution in [-0.4, -0.2) is 52.6 Å². The maximum absolute atomic E-state index is 13.2. The van der Waals surface area contributed by atoms with Crippen LogP contribution < -0.4 is 10.5 Å². The fourth-order valence-corrected chi connectivity index (χ4v) is 5.42. The number of nitrogens with one attached hydrogen (secondary N) is 2. The Morgan fingerprint density at radius 2 is 2.11 bits per heavy atom. The average molecular weight is 426 g/mol. The van der Waals surface area contributed by atoms with Crippen molar-refractivity contribution in [1.29, 1.82) is 0 Å². The average Bonchev–Trinajstić information content (AvgIpc) is 2.87. The second kappa shape index (κ2) is 9.98. The van der Waals surface area contributed by atoms with Crippen LogP contribution in [0.1, 0.15) is 31.2 Å². The zero-order valence-electron chi connectivity index (χ0n) is 15.9. The number of fused-ring (bicyclic) bond motifs is 1. The molecule has 154 valence electrons. The SMILES string of the molecule is COC(=O)C1CCC[C@@H]2SCC[C@H](NC(=O)[C@@H](S)Cc3ccccc3)[NH+]([O-])N12. The van der Waals surface area contributed by atoms with Gasteiger partial charge in [0.05, 0.1) is 12.4 Å². The first-order chi connectivity index (χ1) is 13.5. The maximum Gasteiger partial charge on any atom is 0.328 e. The van der Waals surface area contributed by atoms with Crippen LogP contribution in [0.5, 0.6) is 0 Å². The van der Waals surface area contributed by atoms with Crippen molar-refractivity contribution in [3.63, 3.8) is 0 Å². The number of hydrogen-bond acceptors (Lipinski definition) is 7. The van der Waals surface area contributed by atoms with Crippen molar-refractivity contribution in [2.75, 3.05) is 12.9 Å². The van der Waals surface area contributed by atoms with Crippen molar-refractivity contribution in [2.24, 2.45) is 0 Å². The summed E-state index contributed by atoms with van der Waals surface area (Å²) in [4.78, 5) is 24.8. The van der Waals surface area contributed by atoms with Gasteiger partial charge in [0.2, 0.25) is 5.91 Å². The van der Waals surface area contributed by atoms with Crippen molar-refractivity contribution >= 4 is 36.3 Å². The summed E-state index contributed by atoms with van der Waals surface area (Å²) in [6.45, 7) is 0. The van der Waals surface area contributed by atoms with Crippen LogP contribution in [0.25, 0.3) is 0 Å². The van der Waals surface area contributed by atoms with Crippen molar-refractivity contribution in [1.82, 2.24) is 10.3 Å². The van der Waals surface area contributed by atoms with Gasteiger partial charge in [0, 0.05) is 12.2 Å². The van der Waals surface area contributed by atoms with Crippen molar-refractivity contribution < 1.29 is 19.5 Å². The third-order valence-electron chi connectivity index (χ3n) is 5.21. The fraction of sp³-hybridized carbons (Fsp3) is 0.579. The quantitative estimate of drug-likeness (QED) is 0.367. The molecule has 0 bridgehead atoms. The van der Waals surface area contributed by atoms with E-state index in [0.717, 1.165) is 24.2 Å². The van der Waals surface area contributed by atoms with Gasteiger partial charge in [-0.2, -0.15) is 12.6 Å². The molecule has 7 nitrogen and oxygen atoms in total. The second-order valence-electron chi connectivity index (χ2n) is 7.10. The fourth-order valence-electron chi connectivity index (χ4n) is 3.75. The molecule has 2 fully saturated rings. The summed E-state index contributed by atoms with van der Waals surface area (Å²) < 4.78 is 4.91. The lowest BCUT2D eigenvalue weighted by molar-refractivity contribution is -1.00. The van der Waals surface area contributed by atoms with Crippen LogP contribution in [0.3, 0.4) is 0 Å². The molecule has 2 aliphatic heterocycles. The molecule has 1 aromatic rings. The molecule has 2 unspecified atom stereocenters. The van der Waals surface area contributed by atoms with Crippen molar-refractivity contribution in [2.45, 2.75) is 54.9 Å². The maximum atomic E-state index is 13.2. The molecule has 2 saturated heterocycles. The van der Waals surface area contributed by atoms with Crippen LogP contribution in [0, 0.1) is 5.21 Å². The standard InChI is InChI=1S/C19H27N3O4S2/c1-26-19(24)14-8-5-9-17-21(14)22(25)16(10-11-28-17)20-18(23)15(27)12-13-6-3-2-4-7-13/h2-4,6-7,14-17,22,27H,5,8-12H2,1H3,(H,20,23)/t14?,15-,16+,17-/m0/s1. The number of ether oxygens (including phenoxy) is 1. The van der Waals surface area contributed by atoms with Crippen LogP contribution in [0.2, 0.25) is 0 Å². The third-order valence-corrected chi connectivity index (χ3v) is 6.94. The van der Waals surface area contributed by atoms with Gasteiger partial charge < -0.3 is 15.3 Å². The lowest BCUT2D eigenvalue weighted by atomic mass is 10.0. The number of carbonyl (C=O) groups excluding carboxylic acids is 2. The summed E-state index contributed by atoms with van der Waals surface area (Å²) in [6, 6.07) is 9.09. The molecule has 28 heavy (non-hydrogen) atoms. The Kier molecular flexibility index (Phi) is 7.64. The molecule has 0 saturated carbocycles. The molecule has 1 amide bonds. The number of esters is 1. The van der Waals surface area contributed by atoms with Gasteiger partial charge in [-0.1, -0.05) is 30.3 Å². The van der Waals surface area contributed by atoms with E-state index in [1.807, 2.05) is 30.3 Å². The molecule has 1 aromatic carbocycles. The molecular formula is C19H27N3O4S2. The number of rotatable bonds is 5. The summed E-state index contributed by atoms with van der Waals surface area (Å²) >= 11 is 6.11. The number of nitrogens with zero attached hydrogens (tertiary/aromatic N) is 1. The van der Waals surface area contributed by atoms with Gasteiger partial charge in [-0.3, -0.25) is 14.8 Å². The number of quaternary nitrogens is 1. The minimum absolute atomic E-state index is 0.0385. The molecule has 2 N–H and O–H groups in total. The highest BCUT2D eigenvalue weighted by molar-refractivity contribution is 7.99. The molecular weight excluding hydrogens is 398 g/mol. The van der Waals surface area contributed by atoms with Gasteiger partial charge in [0.15, 0.2) is 12.2 Å².